The predicted octanol–water partition coefficient (Wildman–Crippen LogP) is 3.14. The van der Waals surface area contributed by atoms with E-state index in [1.165, 1.54) is 12.3 Å². The van der Waals surface area contributed by atoms with Gasteiger partial charge in [-0.15, -0.1) is 0 Å². The lowest BCUT2D eigenvalue weighted by atomic mass is 10.2. The lowest BCUT2D eigenvalue weighted by Crippen LogP contribution is -1.94. The quantitative estimate of drug-likeness (QED) is 0.766. The smallest absolute Gasteiger partial charge is 0.166 e. The molecule has 2 nitrogen and oxygen atoms in total. The number of benzene rings is 1. The van der Waals surface area contributed by atoms with E-state index in [4.69, 9.17) is 9.15 Å². The molecule has 0 aliphatic rings. The average molecular weight is 206 g/mol. The number of hydrogen-bond donors (Lipinski definition) is 0. The van der Waals surface area contributed by atoms with Gasteiger partial charge in [0, 0.05) is 6.07 Å². The van der Waals surface area contributed by atoms with Crippen molar-refractivity contribution in [1.29, 1.82) is 0 Å². The Morgan fingerprint density at radius 3 is 2.53 bits per heavy atom. The minimum atomic E-state index is -0.358. The maximum atomic E-state index is 12.9. The normalized spacial score (nSPS) is 10.5. The SMILES string of the molecule is Fc1ccoc1COCc1ccccc1. The van der Waals surface area contributed by atoms with Gasteiger partial charge in [0.25, 0.3) is 0 Å². The van der Waals surface area contributed by atoms with Crippen LogP contribution in [-0.4, -0.2) is 0 Å². The van der Waals surface area contributed by atoms with Crippen LogP contribution < -0.4 is 0 Å². The maximum Gasteiger partial charge on any atom is 0.166 e. The summed E-state index contributed by atoms with van der Waals surface area (Å²) in [4.78, 5) is 0. The molecule has 78 valence electrons. The molecule has 0 amide bonds. The van der Waals surface area contributed by atoms with Crippen molar-refractivity contribution in [3.8, 4) is 0 Å². The lowest BCUT2D eigenvalue weighted by molar-refractivity contribution is 0.0899. The van der Waals surface area contributed by atoms with Gasteiger partial charge in [0.2, 0.25) is 0 Å². The van der Waals surface area contributed by atoms with E-state index >= 15 is 0 Å². The molecule has 0 atom stereocenters. The number of ether oxygens (including phenoxy) is 1. The summed E-state index contributed by atoms with van der Waals surface area (Å²) in [7, 11) is 0. The number of hydrogen-bond acceptors (Lipinski definition) is 2. The highest BCUT2D eigenvalue weighted by molar-refractivity contribution is 5.13. The van der Waals surface area contributed by atoms with E-state index in [0.717, 1.165) is 5.56 Å². The van der Waals surface area contributed by atoms with Gasteiger partial charge in [-0.05, 0) is 5.56 Å². The summed E-state index contributed by atoms with van der Waals surface area (Å²) < 4.78 is 23.1. The molecule has 0 aliphatic heterocycles. The van der Waals surface area contributed by atoms with Crippen LogP contribution in [0.2, 0.25) is 0 Å². The third-order valence-electron chi connectivity index (χ3n) is 2.04. The summed E-state index contributed by atoms with van der Waals surface area (Å²) in [6.45, 7) is 0.620. The Labute approximate surface area is 87.3 Å². The largest absolute Gasteiger partial charge is 0.464 e. The Morgan fingerprint density at radius 2 is 1.87 bits per heavy atom. The Morgan fingerprint density at radius 1 is 1.07 bits per heavy atom. The minimum Gasteiger partial charge on any atom is -0.464 e. The van der Waals surface area contributed by atoms with Crippen LogP contribution in [0, 0.1) is 5.82 Å². The zero-order chi connectivity index (χ0) is 10.5. The zero-order valence-electron chi connectivity index (χ0n) is 8.15. The van der Waals surface area contributed by atoms with E-state index in [0.29, 0.717) is 6.61 Å². The molecule has 0 radical (unpaired) electrons. The number of halogens is 1. The minimum absolute atomic E-state index is 0.160. The zero-order valence-corrected chi connectivity index (χ0v) is 8.15. The highest BCUT2D eigenvalue weighted by Gasteiger charge is 2.04. The van der Waals surface area contributed by atoms with Gasteiger partial charge in [-0.1, -0.05) is 30.3 Å². The summed E-state index contributed by atoms with van der Waals surface area (Å²) in [6.07, 6.45) is 1.32. The molecule has 1 aromatic carbocycles. The molecule has 0 aliphatic carbocycles. The highest BCUT2D eigenvalue weighted by atomic mass is 19.1. The van der Waals surface area contributed by atoms with E-state index in [1.54, 1.807) is 0 Å². The number of furan rings is 1. The molecule has 1 heterocycles. The van der Waals surface area contributed by atoms with Gasteiger partial charge in [0.15, 0.2) is 11.6 Å². The molecule has 0 N–H and O–H groups in total. The van der Waals surface area contributed by atoms with E-state index in [1.807, 2.05) is 30.3 Å². The van der Waals surface area contributed by atoms with Gasteiger partial charge in [0.1, 0.15) is 6.61 Å². The molecular formula is C12H11FO2. The summed E-state index contributed by atoms with van der Waals surface area (Å²) in [5, 5.41) is 0. The summed E-state index contributed by atoms with van der Waals surface area (Å²) in [6, 6.07) is 11.0. The third kappa shape index (κ3) is 2.67. The van der Waals surface area contributed by atoms with Gasteiger partial charge in [-0.25, -0.2) is 4.39 Å². The third-order valence-corrected chi connectivity index (χ3v) is 2.04. The average Bonchev–Trinajstić information content (AvgIpc) is 2.66. The standard InChI is InChI=1S/C12H11FO2/c13-11-6-7-15-12(11)9-14-8-10-4-2-1-3-5-10/h1-7H,8-9H2. The van der Waals surface area contributed by atoms with Crippen molar-refractivity contribution < 1.29 is 13.5 Å². The second-order valence-electron chi connectivity index (χ2n) is 3.17. The Hall–Kier alpha value is -1.61. The fourth-order valence-corrected chi connectivity index (χ4v) is 1.26. The molecule has 0 saturated carbocycles. The van der Waals surface area contributed by atoms with E-state index < -0.39 is 0 Å². The van der Waals surface area contributed by atoms with Crippen LogP contribution in [-0.2, 0) is 18.0 Å². The highest BCUT2D eigenvalue weighted by Crippen LogP contribution is 2.10. The molecule has 0 saturated heterocycles. The predicted molar refractivity (Wildman–Crippen MR) is 53.6 cm³/mol. The molecule has 2 rings (SSSR count). The Kier molecular flexibility index (Phi) is 3.15. The fraction of sp³-hybridized carbons (Fsp3) is 0.167. The Balaban J connectivity index is 1.83. The molecule has 0 unspecified atom stereocenters. The Bertz CT molecular complexity index is 409. The van der Waals surface area contributed by atoms with Crippen molar-refractivity contribution in [1.82, 2.24) is 0 Å². The van der Waals surface area contributed by atoms with Crippen LogP contribution in [0.5, 0.6) is 0 Å². The van der Waals surface area contributed by atoms with Crippen LogP contribution in [0.15, 0.2) is 47.1 Å². The van der Waals surface area contributed by atoms with Crippen molar-refractivity contribution in [2.24, 2.45) is 0 Å². The van der Waals surface area contributed by atoms with Crippen LogP contribution in [0.4, 0.5) is 4.39 Å². The van der Waals surface area contributed by atoms with Gasteiger partial charge in [-0.3, -0.25) is 0 Å². The van der Waals surface area contributed by atoms with Crippen LogP contribution >= 0.6 is 0 Å². The second kappa shape index (κ2) is 4.75. The van der Waals surface area contributed by atoms with Gasteiger partial charge >= 0.3 is 0 Å². The van der Waals surface area contributed by atoms with Crippen molar-refractivity contribution in [3.05, 3.63) is 59.8 Å². The molecule has 15 heavy (non-hydrogen) atoms. The summed E-state index contributed by atoms with van der Waals surface area (Å²) in [5.41, 5.74) is 1.06. The van der Waals surface area contributed by atoms with Crippen LogP contribution in [0.3, 0.4) is 0 Å². The fourth-order valence-electron chi connectivity index (χ4n) is 1.26. The monoisotopic (exact) mass is 206 g/mol. The summed E-state index contributed by atoms with van der Waals surface area (Å²) >= 11 is 0. The van der Waals surface area contributed by atoms with Crippen molar-refractivity contribution in [2.45, 2.75) is 13.2 Å². The molecular weight excluding hydrogens is 195 g/mol. The molecule has 3 heteroatoms. The molecule has 1 aromatic heterocycles. The van der Waals surface area contributed by atoms with E-state index in [9.17, 15) is 4.39 Å². The first kappa shape index (κ1) is 9.93. The topological polar surface area (TPSA) is 22.4 Å². The van der Waals surface area contributed by atoms with Crippen molar-refractivity contribution >= 4 is 0 Å². The van der Waals surface area contributed by atoms with Crippen molar-refractivity contribution in [3.63, 3.8) is 0 Å². The van der Waals surface area contributed by atoms with E-state index in [-0.39, 0.29) is 18.2 Å². The maximum absolute atomic E-state index is 12.9. The van der Waals surface area contributed by atoms with Gasteiger partial charge in [-0.2, -0.15) is 0 Å². The van der Waals surface area contributed by atoms with Crippen molar-refractivity contribution in [2.75, 3.05) is 0 Å². The van der Waals surface area contributed by atoms with E-state index in [2.05, 4.69) is 0 Å². The van der Waals surface area contributed by atoms with Gasteiger partial charge in [0.05, 0.1) is 12.9 Å². The number of rotatable bonds is 4. The first-order valence-electron chi connectivity index (χ1n) is 4.70. The molecule has 0 fully saturated rings. The summed E-state index contributed by atoms with van der Waals surface area (Å²) in [5.74, 6) is -0.117. The molecule has 2 aromatic rings. The lowest BCUT2D eigenvalue weighted by Gasteiger charge is -2.01. The first-order valence-corrected chi connectivity index (χ1v) is 4.70. The van der Waals surface area contributed by atoms with Crippen LogP contribution in [0.25, 0.3) is 0 Å². The second-order valence-corrected chi connectivity index (χ2v) is 3.17. The first-order chi connectivity index (χ1) is 7.36. The van der Waals surface area contributed by atoms with Crippen LogP contribution in [0.1, 0.15) is 11.3 Å². The van der Waals surface area contributed by atoms with Gasteiger partial charge < -0.3 is 9.15 Å². The molecule has 0 bridgehead atoms. The molecule has 0 spiro atoms.